The molecular weight excluding hydrogens is 514 g/mol. The van der Waals surface area contributed by atoms with Crippen molar-refractivity contribution in [1.29, 1.82) is 0 Å². The third kappa shape index (κ3) is 7.76. The van der Waals surface area contributed by atoms with Crippen molar-refractivity contribution < 1.29 is 26.8 Å². The number of amides is 2. The topological polar surface area (TPSA) is 98.8 Å². The molecule has 0 atom stereocenters. The highest BCUT2D eigenvalue weighted by atomic mass is 35.5. The first-order valence-corrected chi connectivity index (χ1v) is 14.4. The number of carbonyl (C=O) groups is 2. The molecule has 2 N–H and O–H groups in total. The molecule has 2 amide bonds. The Balaban J connectivity index is 1.19. The SMILES string of the molecule is O=C(CC1CCC(F)(F)CC1)NCC(=O)N1CCN(Cc2cc(Cl)cc(NS(=O)(=O)C3CC3)c2)CC1. The fourth-order valence-electron chi connectivity index (χ4n) is 4.76. The Bertz CT molecular complexity index is 1070. The molecule has 0 bridgehead atoms. The Morgan fingerprint density at radius 2 is 1.69 bits per heavy atom. The van der Waals surface area contributed by atoms with Crippen LogP contribution in [0.4, 0.5) is 14.5 Å². The summed E-state index contributed by atoms with van der Waals surface area (Å²) in [4.78, 5) is 28.6. The van der Waals surface area contributed by atoms with Gasteiger partial charge in [-0.05, 0) is 55.4 Å². The van der Waals surface area contributed by atoms with Gasteiger partial charge in [-0.3, -0.25) is 19.2 Å². The van der Waals surface area contributed by atoms with E-state index in [2.05, 4.69) is 14.9 Å². The van der Waals surface area contributed by atoms with Gasteiger partial charge < -0.3 is 10.2 Å². The smallest absolute Gasteiger partial charge is 0.248 e. The van der Waals surface area contributed by atoms with Crippen LogP contribution in [-0.2, 0) is 26.2 Å². The van der Waals surface area contributed by atoms with Gasteiger partial charge in [-0.2, -0.15) is 0 Å². The van der Waals surface area contributed by atoms with Gasteiger partial charge in [-0.1, -0.05) is 11.6 Å². The maximum atomic E-state index is 13.3. The van der Waals surface area contributed by atoms with E-state index in [-0.39, 0.29) is 48.8 Å². The van der Waals surface area contributed by atoms with Crippen LogP contribution in [0.5, 0.6) is 0 Å². The Hall–Kier alpha value is -1.98. The predicted molar refractivity (Wildman–Crippen MR) is 133 cm³/mol. The van der Waals surface area contributed by atoms with E-state index in [0.29, 0.717) is 69.1 Å². The Labute approximate surface area is 215 Å². The maximum absolute atomic E-state index is 13.3. The minimum atomic E-state index is -3.37. The summed E-state index contributed by atoms with van der Waals surface area (Å²) in [6.45, 7) is 2.75. The van der Waals surface area contributed by atoms with Crippen LogP contribution in [0.1, 0.15) is 50.5 Å². The van der Waals surface area contributed by atoms with Gasteiger partial charge in [0.15, 0.2) is 0 Å². The molecule has 2 saturated carbocycles. The zero-order chi connectivity index (χ0) is 25.9. The number of nitrogens with one attached hydrogen (secondary N) is 2. The first kappa shape index (κ1) is 27.1. The normalized spacial score (nSPS) is 21.2. The number of alkyl halides is 2. The number of sulfonamides is 1. The zero-order valence-electron chi connectivity index (χ0n) is 20.1. The highest BCUT2D eigenvalue weighted by molar-refractivity contribution is 7.93. The molecule has 0 unspecified atom stereocenters. The molecule has 8 nitrogen and oxygen atoms in total. The Morgan fingerprint density at radius 3 is 2.33 bits per heavy atom. The number of benzene rings is 1. The van der Waals surface area contributed by atoms with Gasteiger partial charge in [-0.15, -0.1) is 0 Å². The monoisotopic (exact) mass is 546 g/mol. The first-order chi connectivity index (χ1) is 17.0. The quantitative estimate of drug-likeness (QED) is 0.495. The number of hydrogen-bond acceptors (Lipinski definition) is 5. The highest BCUT2D eigenvalue weighted by Crippen LogP contribution is 2.37. The largest absolute Gasteiger partial charge is 0.347 e. The fraction of sp³-hybridized carbons (Fsp3) is 0.667. The van der Waals surface area contributed by atoms with Crippen LogP contribution in [0.25, 0.3) is 0 Å². The summed E-state index contributed by atoms with van der Waals surface area (Å²) in [5, 5.41) is 2.77. The van der Waals surface area contributed by atoms with Crippen LogP contribution in [0.3, 0.4) is 0 Å². The molecular formula is C24H33ClF2N4O4S. The van der Waals surface area contributed by atoms with Crippen molar-refractivity contribution >= 4 is 39.1 Å². The molecule has 1 heterocycles. The molecule has 1 saturated heterocycles. The number of rotatable bonds is 9. The van der Waals surface area contributed by atoms with E-state index < -0.39 is 15.9 Å². The first-order valence-electron chi connectivity index (χ1n) is 12.4. The number of anilines is 1. The van der Waals surface area contributed by atoms with E-state index in [1.807, 2.05) is 0 Å². The van der Waals surface area contributed by atoms with Crippen LogP contribution >= 0.6 is 11.6 Å². The summed E-state index contributed by atoms with van der Waals surface area (Å²) in [5.41, 5.74) is 1.33. The molecule has 12 heteroatoms. The number of halogens is 3. The maximum Gasteiger partial charge on any atom is 0.248 e. The molecule has 0 radical (unpaired) electrons. The fourth-order valence-corrected chi connectivity index (χ4v) is 6.39. The number of piperazine rings is 1. The second-order valence-corrected chi connectivity index (χ2v) is 12.5. The summed E-state index contributed by atoms with van der Waals surface area (Å²) in [6.07, 6.45) is 1.83. The van der Waals surface area contributed by atoms with Gasteiger partial charge in [0, 0.05) is 57.0 Å². The lowest BCUT2D eigenvalue weighted by Crippen LogP contribution is -2.50. The molecule has 1 aromatic rings. The summed E-state index contributed by atoms with van der Waals surface area (Å²) < 4.78 is 53.6. The minimum absolute atomic E-state index is 0.0562. The molecule has 0 spiro atoms. The van der Waals surface area contributed by atoms with Gasteiger partial charge in [0.1, 0.15) is 0 Å². The summed E-state index contributed by atoms with van der Waals surface area (Å²) in [6, 6.07) is 5.18. The minimum Gasteiger partial charge on any atom is -0.347 e. The molecule has 36 heavy (non-hydrogen) atoms. The van der Waals surface area contributed by atoms with E-state index in [4.69, 9.17) is 11.6 Å². The molecule has 1 aromatic carbocycles. The van der Waals surface area contributed by atoms with E-state index in [1.165, 1.54) is 0 Å². The van der Waals surface area contributed by atoms with E-state index in [9.17, 15) is 26.8 Å². The second-order valence-electron chi connectivity index (χ2n) is 10.1. The average Bonchev–Trinajstić information content (AvgIpc) is 3.65. The molecule has 1 aliphatic heterocycles. The number of nitrogens with zero attached hydrogens (tertiary/aromatic N) is 2. The summed E-state index contributed by atoms with van der Waals surface area (Å²) >= 11 is 6.22. The Morgan fingerprint density at radius 1 is 1.03 bits per heavy atom. The van der Waals surface area contributed by atoms with Crippen molar-refractivity contribution in [2.24, 2.45) is 5.92 Å². The third-order valence-electron chi connectivity index (χ3n) is 7.06. The van der Waals surface area contributed by atoms with Crippen LogP contribution in [0, 0.1) is 5.92 Å². The lowest BCUT2D eigenvalue weighted by atomic mass is 9.84. The van der Waals surface area contributed by atoms with Crippen molar-refractivity contribution in [3.05, 3.63) is 28.8 Å². The molecule has 2 aliphatic carbocycles. The van der Waals surface area contributed by atoms with Gasteiger partial charge >= 0.3 is 0 Å². The summed E-state index contributed by atoms with van der Waals surface area (Å²) in [7, 11) is -3.37. The van der Waals surface area contributed by atoms with Gasteiger partial charge in [0.05, 0.1) is 17.5 Å². The summed E-state index contributed by atoms with van der Waals surface area (Å²) in [5.74, 6) is -3.11. The van der Waals surface area contributed by atoms with E-state index >= 15 is 0 Å². The van der Waals surface area contributed by atoms with Crippen LogP contribution < -0.4 is 10.0 Å². The van der Waals surface area contributed by atoms with Gasteiger partial charge in [0.25, 0.3) is 0 Å². The van der Waals surface area contributed by atoms with Crippen molar-refractivity contribution in [3.8, 4) is 0 Å². The van der Waals surface area contributed by atoms with Crippen molar-refractivity contribution in [2.45, 2.75) is 62.7 Å². The molecule has 4 rings (SSSR count). The number of carbonyl (C=O) groups excluding carboxylic acids is 2. The van der Waals surface area contributed by atoms with Crippen molar-refractivity contribution in [3.63, 3.8) is 0 Å². The van der Waals surface area contributed by atoms with Gasteiger partial charge in [0.2, 0.25) is 27.8 Å². The van der Waals surface area contributed by atoms with Crippen LogP contribution in [0.2, 0.25) is 5.02 Å². The van der Waals surface area contributed by atoms with Gasteiger partial charge in [-0.25, -0.2) is 17.2 Å². The lowest BCUT2D eigenvalue weighted by Gasteiger charge is -2.35. The standard InChI is InChI=1S/C24H33ClF2N4O4S/c25-19-11-18(12-20(14-19)29-36(34,35)21-1-2-21)16-30-7-9-31(10-8-30)23(33)15-28-22(32)13-17-3-5-24(26,27)6-4-17/h11-12,14,17,21,29H,1-10,13,15-16H2,(H,28,32). The Kier molecular flexibility index (Phi) is 8.41. The molecule has 3 fully saturated rings. The lowest BCUT2D eigenvalue weighted by molar-refractivity contribution is -0.134. The average molecular weight is 547 g/mol. The third-order valence-corrected chi connectivity index (χ3v) is 9.15. The van der Waals surface area contributed by atoms with Crippen molar-refractivity contribution in [1.82, 2.24) is 15.1 Å². The predicted octanol–water partition coefficient (Wildman–Crippen LogP) is 3.22. The highest BCUT2D eigenvalue weighted by Gasteiger charge is 2.36. The van der Waals surface area contributed by atoms with E-state index in [0.717, 1.165) is 5.56 Å². The van der Waals surface area contributed by atoms with E-state index in [1.54, 1.807) is 23.1 Å². The van der Waals surface area contributed by atoms with Crippen LogP contribution in [0.15, 0.2) is 18.2 Å². The second kappa shape index (κ2) is 11.2. The molecule has 0 aromatic heterocycles. The number of hydrogen-bond donors (Lipinski definition) is 2. The van der Waals surface area contributed by atoms with Crippen LogP contribution in [-0.4, -0.2) is 73.9 Å². The van der Waals surface area contributed by atoms with Crippen molar-refractivity contribution in [2.75, 3.05) is 37.4 Å². The molecule has 200 valence electrons. The zero-order valence-corrected chi connectivity index (χ0v) is 21.7. The molecule has 3 aliphatic rings.